The fraction of sp³-hybridized carbons (Fsp3) is 0.429. The van der Waals surface area contributed by atoms with Crippen LogP contribution in [0.1, 0.15) is 37.8 Å². The van der Waals surface area contributed by atoms with Crippen LogP contribution in [-0.2, 0) is 15.6 Å². The molecule has 0 aliphatic rings. The first kappa shape index (κ1) is 19.9. The zero-order valence-corrected chi connectivity index (χ0v) is 15.2. The van der Waals surface area contributed by atoms with Crippen LogP contribution in [-0.4, -0.2) is 18.6 Å². The molecule has 2 rings (SSSR count). The molecule has 2 N–H and O–H groups in total. The summed E-state index contributed by atoms with van der Waals surface area (Å²) in [5.74, 6) is 0.255. The molecule has 0 radical (unpaired) electrons. The Morgan fingerprint density at radius 1 is 1.22 bits per heavy atom. The smallest absolute Gasteiger partial charge is 0.335 e. The van der Waals surface area contributed by atoms with Gasteiger partial charge in [-0.25, -0.2) is 8.42 Å². The summed E-state index contributed by atoms with van der Waals surface area (Å²) in [6.45, 7) is 4.02. The molecule has 0 aliphatic carbocycles. The highest BCUT2D eigenvalue weighted by Crippen LogP contribution is 2.21. The molecule has 1 aromatic heterocycles. The lowest BCUT2D eigenvalue weighted by Gasteiger charge is -2.08. The molecule has 128 valence electrons. The summed E-state index contributed by atoms with van der Waals surface area (Å²) >= 11 is 5.78. The van der Waals surface area contributed by atoms with Crippen molar-refractivity contribution in [3.63, 3.8) is 0 Å². The number of hydrogen-bond acceptors (Lipinski definition) is 6. The van der Waals surface area contributed by atoms with Crippen molar-refractivity contribution >= 4 is 33.8 Å². The first-order valence-corrected chi connectivity index (χ1v) is 8.87. The van der Waals surface area contributed by atoms with Gasteiger partial charge in [-0.15, -0.1) is 17.5 Å². The van der Waals surface area contributed by atoms with E-state index in [0.29, 0.717) is 22.9 Å². The number of nitrogens with zero attached hydrogens (tertiary/aromatic N) is 2. The predicted molar refractivity (Wildman–Crippen MR) is 90.3 cm³/mol. The second-order valence-electron chi connectivity index (χ2n) is 5.53. The summed E-state index contributed by atoms with van der Waals surface area (Å²) in [6.07, 6.45) is 0.638. The summed E-state index contributed by atoms with van der Waals surface area (Å²) < 4.78 is 29.8. The fourth-order valence-electron chi connectivity index (χ4n) is 1.97. The van der Waals surface area contributed by atoms with Crippen molar-refractivity contribution in [2.24, 2.45) is 11.7 Å². The molecule has 23 heavy (non-hydrogen) atoms. The highest BCUT2D eigenvalue weighted by atomic mass is 35.5. The van der Waals surface area contributed by atoms with Crippen LogP contribution in [0.5, 0.6) is 0 Å². The maximum atomic E-state index is 12.3. The van der Waals surface area contributed by atoms with Gasteiger partial charge in [0.15, 0.2) is 0 Å². The van der Waals surface area contributed by atoms with Gasteiger partial charge in [0.2, 0.25) is 15.7 Å². The van der Waals surface area contributed by atoms with Gasteiger partial charge in [0.25, 0.3) is 0 Å². The van der Waals surface area contributed by atoms with Crippen molar-refractivity contribution in [1.82, 2.24) is 10.2 Å². The van der Waals surface area contributed by atoms with Crippen molar-refractivity contribution in [2.75, 3.05) is 0 Å². The number of rotatable bonds is 6. The van der Waals surface area contributed by atoms with E-state index in [9.17, 15) is 8.42 Å². The van der Waals surface area contributed by atoms with Gasteiger partial charge in [0, 0.05) is 5.02 Å². The molecule has 9 heteroatoms. The number of nitrogens with two attached hydrogens (primary N) is 1. The van der Waals surface area contributed by atoms with E-state index in [4.69, 9.17) is 21.8 Å². The van der Waals surface area contributed by atoms with Gasteiger partial charge in [0.1, 0.15) is 0 Å². The monoisotopic (exact) mass is 379 g/mol. The maximum Gasteiger partial charge on any atom is 0.335 e. The van der Waals surface area contributed by atoms with E-state index < -0.39 is 21.1 Å². The Morgan fingerprint density at radius 2 is 1.83 bits per heavy atom. The van der Waals surface area contributed by atoms with Gasteiger partial charge in [-0.2, -0.15) is 0 Å². The van der Waals surface area contributed by atoms with Gasteiger partial charge in [-0.3, -0.25) is 0 Å². The molecular weight excluding hydrogens is 361 g/mol. The van der Waals surface area contributed by atoms with E-state index in [-0.39, 0.29) is 24.1 Å². The van der Waals surface area contributed by atoms with Crippen molar-refractivity contribution in [2.45, 2.75) is 37.3 Å². The quantitative estimate of drug-likeness (QED) is 0.826. The van der Waals surface area contributed by atoms with Crippen LogP contribution in [0.4, 0.5) is 0 Å². The first-order chi connectivity index (χ1) is 10.3. The lowest BCUT2D eigenvalue weighted by molar-refractivity contribution is 0.352. The SMILES string of the molecule is CC(C)CC(N)c1nnc(S(=O)(=O)Cc2ccc(Cl)cc2)o1.Cl. The summed E-state index contributed by atoms with van der Waals surface area (Å²) in [6, 6.07) is 6.07. The van der Waals surface area contributed by atoms with E-state index in [1.54, 1.807) is 24.3 Å². The normalized spacial score (nSPS) is 12.9. The van der Waals surface area contributed by atoms with E-state index in [0.717, 1.165) is 0 Å². The molecule has 1 aromatic carbocycles. The Hall–Kier alpha value is -1.15. The zero-order chi connectivity index (χ0) is 16.3. The van der Waals surface area contributed by atoms with Crippen LogP contribution in [0.3, 0.4) is 0 Å². The van der Waals surface area contributed by atoms with Crippen LogP contribution < -0.4 is 5.73 Å². The van der Waals surface area contributed by atoms with E-state index in [1.165, 1.54) is 0 Å². The van der Waals surface area contributed by atoms with Crippen LogP contribution in [0.2, 0.25) is 5.02 Å². The Balaban J connectivity index is 0.00000264. The number of sulfone groups is 1. The molecule has 0 saturated carbocycles. The lowest BCUT2D eigenvalue weighted by Crippen LogP contribution is -2.13. The fourth-order valence-corrected chi connectivity index (χ4v) is 3.22. The molecule has 0 amide bonds. The topological polar surface area (TPSA) is 99.1 Å². The van der Waals surface area contributed by atoms with Crippen molar-refractivity contribution in [3.05, 3.63) is 40.7 Å². The van der Waals surface area contributed by atoms with Gasteiger partial charge in [0.05, 0.1) is 11.8 Å². The minimum atomic E-state index is -3.71. The Morgan fingerprint density at radius 3 is 2.39 bits per heavy atom. The molecule has 0 saturated heterocycles. The van der Waals surface area contributed by atoms with E-state index in [2.05, 4.69) is 10.2 Å². The second kappa shape index (κ2) is 8.10. The number of benzene rings is 1. The summed E-state index contributed by atoms with van der Waals surface area (Å²) in [5.41, 5.74) is 6.51. The third-order valence-corrected chi connectivity index (χ3v) is 4.66. The van der Waals surface area contributed by atoms with Crippen molar-refractivity contribution in [1.29, 1.82) is 0 Å². The molecule has 2 aromatic rings. The minimum absolute atomic E-state index is 0. The largest absolute Gasteiger partial charge is 0.411 e. The van der Waals surface area contributed by atoms with Gasteiger partial charge >= 0.3 is 5.22 Å². The minimum Gasteiger partial charge on any atom is -0.411 e. The second-order valence-corrected chi connectivity index (χ2v) is 7.83. The number of hydrogen-bond donors (Lipinski definition) is 1. The molecule has 6 nitrogen and oxygen atoms in total. The number of halogens is 2. The third-order valence-electron chi connectivity index (χ3n) is 3.00. The maximum absolute atomic E-state index is 12.3. The summed E-state index contributed by atoms with van der Waals surface area (Å²) in [5, 5.41) is 7.51. The van der Waals surface area contributed by atoms with Crippen LogP contribution in [0.15, 0.2) is 33.9 Å². The zero-order valence-electron chi connectivity index (χ0n) is 12.8. The van der Waals surface area contributed by atoms with Gasteiger partial charge in [-0.05, 0) is 30.0 Å². The summed E-state index contributed by atoms with van der Waals surface area (Å²) in [7, 11) is -3.71. The Bertz CT molecular complexity index is 730. The van der Waals surface area contributed by atoms with E-state index in [1.807, 2.05) is 13.8 Å². The summed E-state index contributed by atoms with van der Waals surface area (Å²) in [4.78, 5) is 0. The molecule has 1 atom stereocenters. The first-order valence-electron chi connectivity index (χ1n) is 6.84. The van der Waals surface area contributed by atoms with Crippen molar-refractivity contribution in [3.8, 4) is 0 Å². The Kier molecular flexibility index (Phi) is 7.01. The molecule has 0 bridgehead atoms. The predicted octanol–water partition coefficient (Wildman–Crippen LogP) is 3.16. The highest BCUT2D eigenvalue weighted by Gasteiger charge is 2.25. The lowest BCUT2D eigenvalue weighted by atomic mass is 10.1. The standard InChI is InChI=1S/C14H18ClN3O3S.ClH/c1-9(2)7-12(16)13-17-18-14(21-13)22(19,20)8-10-3-5-11(15)6-4-10;/h3-6,9,12H,7-8,16H2,1-2H3;1H. The molecule has 0 aliphatic heterocycles. The molecule has 1 heterocycles. The van der Waals surface area contributed by atoms with Gasteiger partial charge < -0.3 is 10.2 Å². The third kappa shape index (κ3) is 5.46. The average molecular weight is 380 g/mol. The highest BCUT2D eigenvalue weighted by molar-refractivity contribution is 7.90. The average Bonchev–Trinajstić information content (AvgIpc) is 2.91. The van der Waals surface area contributed by atoms with E-state index >= 15 is 0 Å². The van der Waals surface area contributed by atoms with Crippen molar-refractivity contribution < 1.29 is 12.8 Å². The Labute approximate surface area is 146 Å². The molecule has 0 fully saturated rings. The van der Waals surface area contributed by atoms with Crippen LogP contribution in [0.25, 0.3) is 0 Å². The number of aromatic nitrogens is 2. The van der Waals surface area contributed by atoms with Gasteiger partial charge in [-0.1, -0.05) is 42.7 Å². The van der Waals surface area contributed by atoms with Crippen LogP contribution in [0, 0.1) is 5.92 Å². The molecule has 1 unspecified atom stereocenters. The molecule has 0 spiro atoms. The van der Waals surface area contributed by atoms with Crippen LogP contribution >= 0.6 is 24.0 Å². The molecular formula is C14H19Cl2N3O3S.